The lowest BCUT2D eigenvalue weighted by Gasteiger charge is -2.35. The van der Waals surface area contributed by atoms with Gasteiger partial charge in [0.2, 0.25) is 0 Å². The first kappa shape index (κ1) is 16.0. The van der Waals surface area contributed by atoms with Crippen molar-refractivity contribution in [2.45, 2.75) is 51.5 Å². The third-order valence-electron chi connectivity index (χ3n) is 4.47. The van der Waals surface area contributed by atoms with E-state index in [0.29, 0.717) is 11.5 Å². The van der Waals surface area contributed by atoms with Crippen molar-refractivity contribution in [3.05, 3.63) is 33.8 Å². The van der Waals surface area contributed by atoms with Gasteiger partial charge in [-0.3, -0.25) is 4.79 Å². The predicted molar refractivity (Wildman–Crippen MR) is 86.9 cm³/mol. The molecule has 1 saturated carbocycles. The Bertz CT molecular complexity index is 569. The highest BCUT2D eigenvalue weighted by Crippen LogP contribution is 2.33. The van der Waals surface area contributed by atoms with Gasteiger partial charge in [0.1, 0.15) is 5.54 Å². The van der Waals surface area contributed by atoms with Crippen molar-refractivity contribution in [1.82, 2.24) is 5.32 Å². The van der Waals surface area contributed by atoms with Crippen molar-refractivity contribution < 1.29 is 4.79 Å². The van der Waals surface area contributed by atoms with Crippen molar-refractivity contribution in [3.63, 3.8) is 0 Å². The zero-order valence-corrected chi connectivity index (χ0v) is 14.2. The molecule has 3 nitrogen and oxygen atoms in total. The smallest absolute Gasteiger partial charge is 0.253 e. The highest BCUT2D eigenvalue weighted by Gasteiger charge is 2.36. The summed E-state index contributed by atoms with van der Waals surface area (Å²) >= 11 is 3.43. The maximum Gasteiger partial charge on any atom is 0.253 e. The van der Waals surface area contributed by atoms with Gasteiger partial charge in [-0.05, 0) is 72.2 Å². The van der Waals surface area contributed by atoms with Crippen LogP contribution in [0.3, 0.4) is 0 Å². The molecule has 1 amide bonds. The van der Waals surface area contributed by atoms with E-state index in [2.05, 4.69) is 34.2 Å². The summed E-state index contributed by atoms with van der Waals surface area (Å²) in [5.41, 5.74) is 0.984. The van der Waals surface area contributed by atoms with E-state index in [-0.39, 0.29) is 5.91 Å². The molecule has 2 rings (SSSR count). The molecule has 1 aliphatic carbocycles. The Labute approximate surface area is 134 Å². The van der Waals surface area contributed by atoms with E-state index in [1.165, 1.54) is 0 Å². The summed E-state index contributed by atoms with van der Waals surface area (Å²) in [6.45, 7) is 4.17. The van der Waals surface area contributed by atoms with Crippen molar-refractivity contribution in [2.75, 3.05) is 0 Å². The van der Waals surface area contributed by atoms with Crippen molar-refractivity contribution in [3.8, 4) is 6.07 Å². The molecule has 0 bridgehead atoms. The Hall–Kier alpha value is -1.34. The normalized spacial score (nSPS) is 25.1. The van der Waals surface area contributed by atoms with Crippen LogP contribution in [0.25, 0.3) is 0 Å². The highest BCUT2D eigenvalue weighted by atomic mass is 79.9. The molecular formula is C17H21BrN2O. The lowest BCUT2D eigenvalue weighted by atomic mass is 9.76. The molecule has 0 radical (unpaired) electrons. The fraction of sp³-hybridized carbons (Fsp3) is 0.529. The first-order valence-electron chi connectivity index (χ1n) is 7.49. The largest absolute Gasteiger partial charge is 0.334 e. The van der Waals surface area contributed by atoms with E-state index >= 15 is 0 Å². The number of nitrogens with zero attached hydrogens (tertiary/aromatic N) is 1. The third-order valence-corrected chi connectivity index (χ3v) is 5.13. The summed E-state index contributed by atoms with van der Waals surface area (Å²) in [4.78, 5) is 12.5. The second-order valence-electron chi connectivity index (χ2n) is 5.98. The van der Waals surface area contributed by atoms with E-state index in [1.807, 2.05) is 19.1 Å². The Morgan fingerprint density at radius 2 is 2.14 bits per heavy atom. The molecule has 1 aromatic carbocycles. The summed E-state index contributed by atoms with van der Waals surface area (Å²) in [5, 5.41) is 12.5. The van der Waals surface area contributed by atoms with Crippen LogP contribution >= 0.6 is 15.9 Å². The molecule has 21 heavy (non-hydrogen) atoms. The van der Waals surface area contributed by atoms with Crippen LogP contribution in [0.5, 0.6) is 0 Å². The molecule has 112 valence electrons. The maximum atomic E-state index is 12.5. The number of aryl methyl sites for hydroxylation is 1. The van der Waals surface area contributed by atoms with Gasteiger partial charge < -0.3 is 5.32 Å². The summed E-state index contributed by atoms with van der Waals surface area (Å²) < 4.78 is 0.773. The number of carbonyl (C=O) groups excluding carboxylic acids is 1. The van der Waals surface area contributed by atoms with Gasteiger partial charge in [0.05, 0.1) is 11.6 Å². The molecule has 1 aromatic rings. The first-order valence-corrected chi connectivity index (χ1v) is 8.29. The number of benzene rings is 1. The maximum absolute atomic E-state index is 12.5. The SMILES string of the molecule is CCC1CCC(C#N)(NC(=O)c2ccc(C)cc2Br)CC1. The number of hydrogen-bond donors (Lipinski definition) is 1. The van der Waals surface area contributed by atoms with Gasteiger partial charge in [-0.1, -0.05) is 19.4 Å². The number of amides is 1. The molecule has 0 aliphatic heterocycles. The molecule has 0 unspecified atom stereocenters. The lowest BCUT2D eigenvalue weighted by molar-refractivity contribution is 0.0890. The first-order chi connectivity index (χ1) is 9.99. The third kappa shape index (κ3) is 3.65. The van der Waals surface area contributed by atoms with Gasteiger partial charge in [-0.25, -0.2) is 0 Å². The number of halogens is 1. The molecule has 0 heterocycles. The van der Waals surface area contributed by atoms with Gasteiger partial charge in [-0.15, -0.1) is 0 Å². The Morgan fingerprint density at radius 1 is 1.48 bits per heavy atom. The van der Waals surface area contributed by atoms with Gasteiger partial charge in [0.15, 0.2) is 0 Å². The summed E-state index contributed by atoms with van der Waals surface area (Å²) in [6.07, 6.45) is 4.67. The van der Waals surface area contributed by atoms with Crippen LogP contribution in [-0.2, 0) is 0 Å². The van der Waals surface area contributed by atoms with Gasteiger partial charge in [-0.2, -0.15) is 5.26 Å². The fourth-order valence-electron chi connectivity index (χ4n) is 2.93. The minimum atomic E-state index is -0.701. The summed E-state index contributed by atoms with van der Waals surface area (Å²) in [5.74, 6) is 0.521. The number of nitrogens with one attached hydrogen (secondary N) is 1. The second-order valence-corrected chi connectivity index (χ2v) is 6.84. The van der Waals surface area contributed by atoms with Crippen LogP contribution in [0.4, 0.5) is 0 Å². The Morgan fingerprint density at radius 3 is 2.67 bits per heavy atom. The van der Waals surface area contributed by atoms with Crippen LogP contribution < -0.4 is 5.32 Å². The zero-order chi connectivity index (χ0) is 15.5. The van der Waals surface area contributed by atoms with E-state index < -0.39 is 5.54 Å². The van der Waals surface area contributed by atoms with Crippen molar-refractivity contribution in [1.29, 1.82) is 5.26 Å². The Kier molecular flexibility index (Phi) is 5.05. The van der Waals surface area contributed by atoms with E-state index in [9.17, 15) is 10.1 Å². The standard InChI is InChI=1S/C17H21BrN2O/c1-3-13-6-8-17(11-19,9-7-13)20-16(21)14-5-4-12(2)10-15(14)18/h4-5,10,13H,3,6-9H2,1-2H3,(H,20,21). The quantitative estimate of drug-likeness (QED) is 0.882. The Balaban J connectivity index is 2.12. The van der Waals surface area contributed by atoms with Crippen LogP contribution in [0.1, 0.15) is 54.9 Å². The monoisotopic (exact) mass is 348 g/mol. The number of carbonyl (C=O) groups is 1. The zero-order valence-electron chi connectivity index (χ0n) is 12.6. The molecule has 1 N–H and O–H groups in total. The molecule has 1 fully saturated rings. The van der Waals surface area contributed by atoms with E-state index in [1.54, 1.807) is 6.07 Å². The van der Waals surface area contributed by atoms with Crippen LogP contribution in [0, 0.1) is 24.2 Å². The topological polar surface area (TPSA) is 52.9 Å². The summed E-state index contributed by atoms with van der Waals surface area (Å²) in [7, 11) is 0. The van der Waals surface area contributed by atoms with Crippen molar-refractivity contribution in [2.24, 2.45) is 5.92 Å². The lowest BCUT2D eigenvalue weighted by Crippen LogP contribution is -2.49. The molecule has 0 atom stereocenters. The molecule has 1 aliphatic rings. The molecule has 0 saturated heterocycles. The van der Waals surface area contributed by atoms with Gasteiger partial charge >= 0.3 is 0 Å². The van der Waals surface area contributed by atoms with Crippen molar-refractivity contribution >= 4 is 21.8 Å². The van der Waals surface area contributed by atoms with Crippen LogP contribution in [0.2, 0.25) is 0 Å². The second kappa shape index (κ2) is 6.62. The summed E-state index contributed by atoms with van der Waals surface area (Å²) in [6, 6.07) is 7.98. The average molecular weight is 349 g/mol. The average Bonchev–Trinajstić information content (AvgIpc) is 2.47. The highest BCUT2D eigenvalue weighted by molar-refractivity contribution is 9.10. The minimum Gasteiger partial charge on any atom is -0.334 e. The predicted octanol–water partition coefficient (Wildman–Crippen LogP) is 4.35. The number of hydrogen-bond acceptors (Lipinski definition) is 2. The number of rotatable bonds is 3. The minimum absolute atomic E-state index is 0.168. The van der Waals surface area contributed by atoms with Crippen LogP contribution in [-0.4, -0.2) is 11.4 Å². The van der Waals surface area contributed by atoms with Gasteiger partial charge in [0, 0.05) is 4.47 Å². The molecule has 0 aromatic heterocycles. The van der Waals surface area contributed by atoms with E-state index in [0.717, 1.165) is 42.1 Å². The molecule has 0 spiro atoms. The fourth-order valence-corrected chi connectivity index (χ4v) is 3.61. The van der Waals surface area contributed by atoms with E-state index in [4.69, 9.17) is 0 Å². The van der Waals surface area contributed by atoms with Crippen LogP contribution in [0.15, 0.2) is 22.7 Å². The number of nitriles is 1. The molecule has 4 heteroatoms. The van der Waals surface area contributed by atoms with Gasteiger partial charge in [0.25, 0.3) is 5.91 Å². The molecular weight excluding hydrogens is 328 g/mol.